The maximum Gasteiger partial charge on any atom is 0.320 e. The summed E-state index contributed by atoms with van der Waals surface area (Å²) in [6.45, 7) is 1.94. The second kappa shape index (κ2) is 6.30. The van der Waals surface area contributed by atoms with Gasteiger partial charge in [0.05, 0.1) is 0 Å². The van der Waals surface area contributed by atoms with Crippen LogP contribution in [0.5, 0.6) is 0 Å². The fourth-order valence-corrected chi connectivity index (χ4v) is 1.50. The summed E-state index contributed by atoms with van der Waals surface area (Å²) >= 11 is 0. The zero-order valence-corrected chi connectivity index (χ0v) is 9.54. The van der Waals surface area contributed by atoms with E-state index in [1.807, 2.05) is 6.92 Å². The molecule has 0 amide bonds. The monoisotopic (exact) mass is 243 g/mol. The number of carboxylic acid groups (broad SMARTS) is 1. The van der Waals surface area contributed by atoms with E-state index in [1.165, 1.54) is 6.07 Å². The van der Waals surface area contributed by atoms with E-state index in [9.17, 15) is 13.6 Å². The zero-order chi connectivity index (χ0) is 12.8. The number of hydrogen-bond acceptors (Lipinski definition) is 2. The summed E-state index contributed by atoms with van der Waals surface area (Å²) in [5, 5.41) is 11.6. The highest BCUT2D eigenvalue weighted by atomic mass is 19.1. The summed E-state index contributed by atoms with van der Waals surface area (Å²) in [7, 11) is 0. The quantitative estimate of drug-likeness (QED) is 0.806. The van der Waals surface area contributed by atoms with Gasteiger partial charge in [-0.05, 0) is 12.5 Å². The fourth-order valence-electron chi connectivity index (χ4n) is 1.50. The molecular weight excluding hydrogens is 228 g/mol. The molecular formula is C12H15F2NO2. The minimum Gasteiger partial charge on any atom is -0.480 e. The average Bonchev–Trinajstić information content (AvgIpc) is 2.25. The summed E-state index contributed by atoms with van der Waals surface area (Å²) in [6.07, 6.45) is 1.19. The van der Waals surface area contributed by atoms with Gasteiger partial charge in [0.15, 0.2) is 0 Å². The van der Waals surface area contributed by atoms with E-state index in [2.05, 4.69) is 5.32 Å². The molecule has 0 aliphatic rings. The molecule has 0 bridgehead atoms. The minimum absolute atomic E-state index is 0.0725. The minimum atomic E-state index is -0.964. The van der Waals surface area contributed by atoms with Crippen LogP contribution in [0, 0.1) is 11.6 Å². The molecule has 0 aromatic heterocycles. The highest BCUT2D eigenvalue weighted by Crippen LogP contribution is 2.10. The summed E-state index contributed by atoms with van der Waals surface area (Å²) in [5.41, 5.74) is 0.258. The molecule has 0 spiro atoms. The van der Waals surface area contributed by atoms with Gasteiger partial charge in [-0.2, -0.15) is 0 Å². The Hall–Kier alpha value is -1.49. The lowest BCUT2D eigenvalue weighted by Crippen LogP contribution is -2.36. The van der Waals surface area contributed by atoms with Crippen molar-refractivity contribution in [2.45, 2.75) is 32.4 Å². The second-order valence-electron chi connectivity index (χ2n) is 3.80. The van der Waals surface area contributed by atoms with Crippen LogP contribution >= 0.6 is 0 Å². The van der Waals surface area contributed by atoms with Crippen LogP contribution in [0.15, 0.2) is 18.2 Å². The first-order chi connectivity index (χ1) is 8.04. The van der Waals surface area contributed by atoms with E-state index in [0.29, 0.717) is 6.42 Å². The highest BCUT2D eigenvalue weighted by molar-refractivity contribution is 5.73. The van der Waals surface area contributed by atoms with Crippen molar-refractivity contribution in [3.05, 3.63) is 35.4 Å². The predicted molar refractivity (Wildman–Crippen MR) is 59.5 cm³/mol. The van der Waals surface area contributed by atoms with Crippen LogP contribution in [0.25, 0.3) is 0 Å². The third kappa shape index (κ3) is 4.11. The number of halogens is 2. The first kappa shape index (κ1) is 13.6. The first-order valence-electron chi connectivity index (χ1n) is 5.44. The summed E-state index contributed by atoms with van der Waals surface area (Å²) in [6, 6.07) is 2.54. The molecule has 0 saturated heterocycles. The van der Waals surface area contributed by atoms with Crippen molar-refractivity contribution in [2.75, 3.05) is 0 Å². The Morgan fingerprint density at radius 2 is 2.18 bits per heavy atom. The molecule has 1 atom stereocenters. The molecule has 2 N–H and O–H groups in total. The van der Waals surface area contributed by atoms with Gasteiger partial charge < -0.3 is 10.4 Å². The van der Waals surface area contributed by atoms with Crippen LogP contribution in [-0.2, 0) is 11.3 Å². The molecule has 1 unspecified atom stereocenters. The first-order valence-corrected chi connectivity index (χ1v) is 5.44. The lowest BCUT2D eigenvalue weighted by molar-refractivity contribution is -0.139. The summed E-state index contributed by atoms with van der Waals surface area (Å²) in [5.74, 6) is -2.28. The zero-order valence-electron chi connectivity index (χ0n) is 9.54. The van der Waals surface area contributed by atoms with Gasteiger partial charge in [-0.1, -0.05) is 19.4 Å². The van der Waals surface area contributed by atoms with Gasteiger partial charge in [-0.15, -0.1) is 0 Å². The van der Waals surface area contributed by atoms with Crippen LogP contribution < -0.4 is 5.32 Å². The van der Waals surface area contributed by atoms with E-state index in [-0.39, 0.29) is 12.1 Å². The molecule has 0 saturated carbocycles. The maximum atomic E-state index is 13.3. The van der Waals surface area contributed by atoms with Crippen LogP contribution in [-0.4, -0.2) is 17.1 Å². The largest absolute Gasteiger partial charge is 0.480 e. The molecule has 1 aromatic carbocycles. The number of aliphatic carboxylic acids is 1. The van der Waals surface area contributed by atoms with Gasteiger partial charge in [-0.3, -0.25) is 4.79 Å². The van der Waals surface area contributed by atoms with Crippen molar-refractivity contribution < 1.29 is 18.7 Å². The fraction of sp³-hybridized carbons (Fsp3) is 0.417. The topological polar surface area (TPSA) is 49.3 Å². The van der Waals surface area contributed by atoms with Crippen LogP contribution in [0.2, 0.25) is 0 Å². The van der Waals surface area contributed by atoms with Crippen LogP contribution in [0.1, 0.15) is 25.3 Å². The molecule has 1 rings (SSSR count). The maximum absolute atomic E-state index is 13.3. The van der Waals surface area contributed by atoms with E-state index in [0.717, 1.165) is 18.6 Å². The molecule has 17 heavy (non-hydrogen) atoms. The van der Waals surface area contributed by atoms with Gasteiger partial charge in [0.2, 0.25) is 0 Å². The van der Waals surface area contributed by atoms with Crippen LogP contribution in [0.3, 0.4) is 0 Å². The molecule has 3 nitrogen and oxygen atoms in total. The Morgan fingerprint density at radius 3 is 2.71 bits per heavy atom. The summed E-state index contributed by atoms with van der Waals surface area (Å²) < 4.78 is 25.9. The number of carbonyl (C=O) groups is 1. The van der Waals surface area contributed by atoms with Gasteiger partial charge in [0.1, 0.15) is 17.7 Å². The molecule has 0 fully saturated rings. The number of carboxylic acids is 1. The average molecular weight is 243 g/mol. The van der Waals surface area contributed by atoms with Crippen molar-refractivity contribution >= 4 is 5.97 Å². The molecule has 0 radical (unpaired) electrons. The number of nitrogens with one attached hydrogen (secondary N) is 1. The normalized spacial score (nSPS) is 12.4. The van der Waals surface area contributed by atoms with Crippen molar-refractivity contribution in [3.63, 3.8) is 0 Å². The second-order valence-corrected chi connectivity index (χ2v) is 3.80. The predicted octanol–water partition coefficient (Wildman–Crippen LogP) is 2.31. The summed E-state index contributed by atoms with van der Waals surface area (Å²) in [4.78, 5) is 10.8. The number of rotatable bonds is 6. The van der Waals surface area contributed by atoms with Crippen molar-refractivity contribution in [1.29, 1.82) is 0 Å². The van der Waals surface area contributed by atoms with Crippen molar-refractivity contribution in [3.8, 4) is 0 Å². The Balaban J connectivity index is 2.62. The van der Waals surface area contributed by atoms with Crippen molar-refractivity contribution in [2.24, 2.45) is 0 Å². The van der Waals surface area contributed by atoms with E-state index in [4.69, 9.17) is 5.11 Å². The van der Waals surface area contributed by atoms with Gasteiger partial charge in [0.25, 0.3) is 0 Å². The Bertz CT molecular complexity index is 396. The van der Waals surface area contributed by atoms with E-state index >= 15 is 0 Å². The third-order valence-electron chi connectivity index (χ3n) is 2.43. The van der Waals surface area contributed by atoms with Crippen molar-refractivity contribution in [1.82, 2.24) is 5.32 Å². The molecule has 5 heteroatoms. The Morgan fingerprint density at radius 1 is 1.47 bits per heavy atom. The number of hydrogen-bond donors (Lipinski definition) is 2. The van der Waals surface area contributed by atoms with Gasteiger partial charge >= 0.3 is 5.97 Å². The third-order valence-corrected chi connectivity index (χ3v) is 2.43. The smallest absolute Gasteiger partial charge is 0.320 e. The van der Waals surface area contributed by atoms with E-state index < -0.39 is 23.6 Å². The SMILES string of the molecule is CCCC(NCc1ccc(F)cc1F)C(=O)O. The molecule has 94 valence electrons. The molecule has 0 aliphatic heterocycles. The highest BCUT2D eigenvalue weighted by Gasteiger charge is 2.16. The van der Waals surface area contributed by atoms with E-state index in [1.54, 1.807) is 0 Å². The molecule has 0 aliphatic carbocycles. The molecule has 1 aromatic rings. The standard InChI is InChI=1S/C12H15F2NO2/c1-2-3-11(12(16)17)15-7-8-4-5-9(13)6-10(8)14/h4-6,11,15H,2-3,7H2,1H3,(H,16,17). The van der Waals surface area contributed by atoms with Gasteiger partial charge in [-0.25, -0.2) is 8.78 Å². The Labute approximate surface area is 98.5 Å². The van der Waals surface area contributed by atoms with Crippen LogP contribution in [0.4, 0.5) is 8.78 Å². The lowest BCUT2D eigenvalue weighted by Gasteiger charge is -2.13. The lowest BCUT2D eigenvalue weighted by atomic mass is 10.1. The number of benzene rings is 1. The Kier molecular flexibility index (Phi) is 5.03. The molecule has 0 heterocycles. The van der Waals surface area contributed by atoms with Gasteiger partial charge in [0, 0.05) is 18.2 Å².